The van der Waals surface area contributed by atoms with Crippen molar-refractivity contribution in [2.24, 2.45) is 0 Å². The molecule has 3 nitrogen and oxygen atoms in total. The van der Waals surface area contributed by atoms with Crippen molar-refractivity contribution >= 4 is 5.57 Å². The zero-order valence-electron chi connectivity index (χ0n) is 34.9. The number of rotatable bonds is 5. The number of benzene rings is 8. The zero-order valence-corrected chi connectivity index (χ0v) is 34.9. The Labute approximate surface area is 367 Å². The van der Waals surface area contributed by atoms with E-state index in [2.05, 4.69) is 195 Å². The molecule has 13 rings (SSSR count). The van der Waals surface area contributed by atoms with Crippen LogP contribution in [-0.2, 0) is 10.8 Å². The minimum absolute atomic E-state index is 0.224. The lowest BCUT2D eigenvalue weighted by atomic mass is 9.68. The molecule has 1 aromatic heterocycles. The van der Waals surface area contributed by atoms with Gasteiger partial charge in [-0.25, -0.2) is 15.0 Å². The molecule has 0 bridgehead atoms. The van der Waals surface area contributed by atoms with Crippen LogP contribution in [0.5, 0.6) is 0 Å². The Kier molecular flexibility index (Phi) is 7.78. The van der Waals surface area contributed by atoms with Gasteiger partial charge in [-0.1, -0.05) is 200 Å². The van der Waals surface area contributed by atoms with Crippen molar-refractivity contribution in [3.8, 4) is 67.5 Å². The number of hydrogen-bond acceptors (Lipinski definition) is 3. The van der Waals surface area contributed by atoms with Crippen molar-refractivity contribution in [3.05, 3.63) is 251 Å². The van der Waals surface area contributed by atoms with E-state index < -0.39 is 5.41 Å². The van der Waals surface area contributed by atoms with Gasteiger partial charge < -0.3 is 0 Å². The van der Waals surface area contributed by atoms with Gasteiger partial charge in [0.05, 0.1) is 5.41 Å². The van der Waals surface area contributed by atoms with Crippen LogP contribution in [0.4, 0.5) is 0 Å². The Hall–Kier alpha value is -7.75. The average Bonchev–Trinajstić information content (AvgIpc) is 3.94. The van der Waals surface area contributed by atoms with Gasteiger partial charge in [0.1, 0.15) is 0 Å². The monoisotopic (exact) mass is 803 g/mol. The minimum atomic E-state index is -0.454. The van der Waals surface area contributed by atoms with Crippen LogP contribution in [0.25, 0.3) is 73.1 Å². The molecule has 0 fully saturated rings. The fraction of sp³-hybridized carbons (Fsp3) is 0.0833. The summed E-state index contributed by atoms with van der Waals surface area (Å²) in [6, 6.07) is 70.8. The third-order valence-corrected chi connectivity index (χ3v) is 14.4. The second kappa shape index (κ2) is 13.6. The molecule has 0 radical (unpaired) electrons. The molecule has 8 aromatic carbocycles. The smallest absolute Gasteiger partial charge is 0.164 e. The fourth-order valence-electron chi connectivity index (χ4n) is 11.6. The van der Waals surface area contributed by atoms with E-state index in [1.807, 2.05) is 18.2 Å². The molecule has 3 heteroatoms. The first-order chi connectivity index (χ1) is 31.1. The second-order valence-corrected chi connectivity index (χ2v) is 17.4. The third-order valence-electron chi connectivity index (χ3n) is 14.4. The Morgan fingerprint density at radius 2 is 0.762 bits per heavy atom. The first-order valence-corrected chi connectivity index (χ1v) is 22.1. The molecule has 1 heterocycles. The van der Waals surface area contributed by atoms with Crippen LogP contribution in [0, 0.1) is 0 Å². The highest BCUT2D eigenvalue weighted by molar-refractivity contribution is 5.96. The number of fused-ring (bicyclic) bond motifs is 13. The van der Waals surface area contributed by atoms with Crippen molar-refractivity contribution in [1.29, 1.82) is 0 Å². The van der Waals surface area contributed by atoms with Gasteiger partial charge in [-0.2, -0.15) is 0 Å². The van der Waals surface area contributed by atoms with Gasteiger partial charge in [-0.05, 0) is 109 Å². The predicted molar refractivity (Wildman–Crippen MR) is 256 cm³/mol. The van der Waals surface area contributed by atoms with Gasteiger partial charge in [0.2, 0.25) is 0 Å². The molecular weight excluding hydrogens is 763 g/mol. The van der Waals surface area contributed by atoms with Crippen LogP contribution in [0.3, 0.4) is 0 Å². The molecule has 0 aliphatic heterocycles. The first-order valence-electron chi connectivity index (χ1n) is 22.1. The van der Waals surface area contributed by atoms with Crippen LogP contribution in [0.2, 0.25) is 0 Å². The SMILES string of the molecule is CC1(C2=C(c3ccc(-c4nc(-c5ccccc5)nc(-c5ccc6c(c5)C5(c7ccccc7-c7ccccc75)c5ccccc5-6)n4)cc3)C=CCC2)c2ccccc2-c2ccccc21. The predicted octanol–water partition coefficient (Wildman–Crippen LogP) is 14.3. The van der Waals surface area contributed by atoms with Gasteiger partial charge in [0.25, 0.3) is 0 Å². The highest BCUT2D eigenvalue weighted by Gasteiger charge is 2.51. The standard InChI is InChI=1S/C60H41N3/c1-59(50-26-12-6-20-43(50)44-21-7-13-27-51(44)59)49-25-11-5-19-42(49)38-31-33-40(34-32-38)57-61-56(39-17-3-2-4-18-39)62-58(63-57)41-35-36-48-47-24-10-16-30-54(47)60(55(48)37-41)52-28-14-8-22-45(52)46-23-9-15-29-53(46)60/h2-10,12-24,26-37H,11,25H2,1H3. The molecular formula is C60H41N3. The van der Waals surface area contributed by atoms with Gasteiger partial charge in [0, 0.05) is 22.1 Å². The normalized spacial score (nSPS) is 15.4. The number of allylic oxidation sites excluding steroid dienone is 4. The molecule has 0 N–H and O–H groups in total. The van der Waals surface area contributed by atoms with Gasteiger partial charge in [-0.3, -0.25) is 0 Å². The minimum Gasteiger partial charge on any atom is -0.208 e. The molecule has 0 saturated carbocycles. The van der Waals surface area contributed by atoms with Crippen LogP contribution in [0.15, 0.2) is 212 Å². The largest absolute Gasteiger partial charge is 0.208 e. The maximum atomic E-state index is 5.31. The molecule has 9 aromatic rings. The van der Waals surface area contributed by atoms with Crippen molar-refractivity contribution in [2.45, 2.75) is 30.6 Å². The molecule has 0 atom stereocenters. The lowest BCUT2D eigenvalue weighted by Gasteiger charge is -2.34. The summed E-state index contributed by atoms with van der Waals surface area (Å²) in [6.45, 7) is 2.43. The van der Waals surface area contributed by atoms with Crippen molar-refractivity contribution in [3.63, 3.8) is 0 Å². The average molecular weight is 804 g/mol. The molecule has 63 heavy (non-hydrogen) atoms. The van der Waals surface area contributed by atoms with Gasteiger partial charge in [0.15, 0.2) is 17.5 Å². The topological polar surface area (TPSA) is 38.7 Å². The molecule has 1 spiro atoms. The van der Waals surface area contributed by atoms with E-state index in [0.717, 1.165) is 29.5 Å². The summed E-state index contributed by atoms with van der Waals surface area (Å²) in [5, 5.41) is 0. The Bertz CT molecular complexity index is 3300. The van der Waals surface area contributed by atoms with Crippen molar-refractivity contribution < 1.29 is 0 Å². The van der Waals surface area contributed by atoms with Crippen LogP contribution >= 0.6 is 0 Å². The lowest BCUT2D eigenvalue weighted by molar-refractivity contribution is 0.653. The Balaban J connectivity index is 0.955. The van der Waals surface area contributed by atoms with Crippen LogP contribution in [-0.4, -0.2) is 15.0 Å². The molecule has 0 amide bonds. The summed E-state index contributed by atoms with van der Waals surface area (Å²) in [4.78, 5) is 15.7. The van der Waals surface area contributed by atoms with Crippen molar-refractivity contribution in [2.75, 3.05) is 0 Å². The molecule has 4 aliphatic rings. The Morgan fingerprint density at radius 3 is 1.30 bits per heavy atom. The summed E-state index contributed by atoms with van der Waals surface area (Å²) < 4.78 is 0. The summed E-state index contributed by atoms with van der Waals surface area (Å²) >= 11 is 0. The third kappa shape index (κ3) is 5.05. The van der Waals surface area contributed by atoms with Crippen LogP contribution < -0.4 is 0 Å². The lowest BCUT2D eigenvalue weighted by Crippen LogP contribution is -2.25. The van der Waals surface area contributed by atoms with E-state index >= 15 is 0 Å². The number of nitrogens with zero attached hydrogens (tertiary/aromatic N) is 3. The van der Waals surface area contributed by atoms with E-state index in [0.29, 0.717) is 17.5 Å². The zero-order chi connectivity index (χ0) is 41.7. The number of aromatic nitrogens is 3. The first kappa shape index (κ1) is 36.0. The fourth-order valence-corrected chi connectivity index (χ4v) is 11.6. The maximum Gasteiger partial charge on any atom is 0.164 e. The van der Waals surface area contributed by atoms with E-state index in [1.54, 1.807) is 0 Å². The van der Waals surface area contributed by atoms with E-state index in [9.17, 15) is 0 Å². The van der Waals surface area contributed by atoms with E-state index in [-0.39, 0.29) is 5.41 Å². The quantitative estimate of drug-likeness (QED) is 0.174. The van der Waals surface area contributed by atoms with E-state index in [1.165, 1.54) is 83.5 Å². The maximum absolute atomic E-state index is 5.31. The molecule has 4 aliphatic carbocycles. The summed E-state index contributed by atoms with van der Waals surface area (Å²) in [5.41, 5.74) is 21.9. The van der Waals surface area contributed by atoms with Gasteiger partial charge in [-0.15, -0.1) is 0 Å². The van der Waals surface area contributed by atoms with Crippen molar-refractivity contribution in [1.82, 2.24) is 15.0 Å². The second-order valence-electron chi connectivity index (χ2n) is 17.4. The summed E-state index contributed by atoms with van der Waals surface area (Å²) in [6.07, 6.45) is 6.71. The van der Waals surface area contributed by atoms with E-state index in [4.69, 9.17) is 15.0 Å². The van der Waals surface area contributed by atoms with Gasteiger partial charge >= 0.3 is 0 Å². The molecule has 0 unspecified atom stereocenters. The van der Waals surface area contributed by atoms with Crippen LogP contribution in [0.1, 0.15) is 58.7 Å². The molecule has 0 saturated heterocycles. The highest BCUT2D eigenvalue weighted by atomic mass is 15.0. The summed E-state index contributed by atoms with van der Waals surface area (Å²) in [7, 11) is 0. The number of hydrogen-bond donors (Lipinski definition) is 0. The molecule has 296 valence electrons. The Morgan fingerprint density at radius 1 is 0.365 bits per heavy atom. The highest BCUT2D eigenvalue weighted by Crippen LogP contribution is 2.63. The summed E-state index contributed by atoms with van der Waals surface area (Å²) in [5.74, 6) is 1.96.